The van der Waals surface area contributed by atoms with Crippen LogP contribution in [0.1, 0.15) is 23.8 Å². The highest BCUT2D eigenvalue weighted by atomic mass is 35.5. The molecule has 0 unspecified atom stereocenters. The third-order valence-electron chi connectivity index (χ3n) is 4.19. The van der Waals surface area contributed by atoms with E-state index in [1.807, 2.05) is 0 Å². The predicted molar refractivity (Wildman–Crippen MR) is 90.8 cm³/mol. The van der Waals surface area contributed by atoms with Gasteiger partial charge in [0.15, 0.2) is 0 Å². The second kappa shape index (κ2) is 6.81. The van der Waals surface area contributed by atoms with Crippen molar-refractivity contribution < 1.29 is 0 Å². The summed E-state index contributed by atoms with van der Waals surface area (Å²) in [6.07, 6.45) is 3.91. The Kier molecular flexibility index (Phi) is 4.81. The van der Waals surface area contributed by atoms with Gasteiger partial charge in [0.05, 0.1) is 11.9 Å². The van der Waals surface area contributed by atoms with Gasteiger partial charge >= 0.3 is 0 Å². The highest BCUT2D eigenvalue weighted by Crippen LogP contribution is 2.37. The van der Waals surface area contributed by atoms with Crippen molar-refractivity contribution >= 4 is 28.6 Å². The fourth-order valence-electron chi connectivity index (χ4n) is 3.13. The number of halogens is 1. The molecule has 0 amide bonds. The second-order valence-corrected chi connectivity index (χ2v) is 7.01. The molecule has 0 aliphatic carbocycles. The number of hydrogen-bond donors (Lipinski definition) is 2. The maximum Gasteiger partial charge on any atom is 0.285 e. The Hall–Kier alpha value is -1.37. The Labute approximate surface area is 138 Å². The van der Waals surface area contributed by atoms with Crippen LogP contribution < -0.4 is 10.9 Å². The zero-order valence-corrected chi connectivity index (χ0v) is 14.0. The quantitative estimate of drug-likeness (QED) is 0.899. The van der Waals surface area contributed by atoms with Crippen LogP contribution in [0.25, 0.3) is 0 Å². The van der Waals surface area contributed by atoms with Gasteiger partial charge in [-0.05, 0) is 43.8 Å². The van der Waals surface area contributed by atoms with Crippen LogP contribution in [0.3, 0.4) is 0 Å². The number of nitrogens with one attached hydrogen (secondary N) is 2. The average molecular weight is 339 g/mol. The van der Waals surface area contributed by atoms with Gasteiger partial charge in [0, 0.05) is 17.5 Å². The van der Waals surface area contributed by atoms with Gasteiger partial charge in [0.2, 0.25) is 0 Å². The summed E-state index contributed by atoms with van der Waals surface area (Å²) in [7, 11) is 2.18. The molecule has 5 nitrogen and oxygen atoms in total. The number of aromatic amines is 1. The third kappa shape index (κ3) is 3.19. The number of anilines is 1. The average Bonchev–Trinajstić information content (AvgIpc) is 3.02. The zero-order valence-electron chi connectivity index (χ0n) is 12.4. The summed E-state index contributed by atoms with van der Waals surface area (Å²) < 4.78 is 0. The molecule has 2 atom stereocenters. The first-order valence-corrected chi connectivity index (χ1v) is 8.63. The molecule has 2 N–H and O–H groups in total. The highest BCUT2D eigenvalue weighted by molar-refractivity contribution is 7.10. The van der Waals surface area contributed by atoms with E-state index in [0.29, 0.717) is 17.6 Å². The number of nitrogens with zero attached hydrogens (tertiary/aromatic N) is 2. The minimum atomic E-state index is -0.359. The number of piperidine rings is 1. The Morgan fingerprint density at radius 2 is 2.45 bits per heavy atom. The lowest BCUT2D eigenvalue weighted by atomic mass is 9.88. The zero-order chi connectivity index (χ0) is 15.5. The molecular formula is C15H19ClN4OS. The smallest absolute Gasteiger partial charge is 0.285 e. The first-order valence-electron chi connectivity index (χ1n) is 7.37. The van der Waals surface area contributed by atoms with Gasteiger partial charge in [0.1, 0.15) is 5.02 Å². The number of likely N-dealkylation sites (tertiary alicyclic amines) is 1. The molecule has 0 aromatic carbocycles. The molecule has 1 saturated heterocycles. The van der Waals surface area contributed by atoms with Crippen LogP contribution in [0.5, 0.6) is 0 Å². The van der Waals surface area contributed by atoms with Gasteiger partial charge in [-0.15, -0.1) is 11.3 Å². The summed E-state index contributed by atoms with van der Waals surface area (Å²) in [6, 6.07) is 4.71. The van der Waals surface area contributed by atoms with E-state index >= 15 is 0 Å². The predicted octanol–water partition coefficient (Wildman–Crippen LogP) is 2.98. The van der Waals surface area contributed by atoms with Crippen LogP contribution in [0.2, 0.25) is 5.02 Å². The van der Waals surface area contributed by atoms with E-state index in [1.54, 1.807) is 17.5 Å². The van der Waals surface area contributed by atoms with E-state index in [9.17, 15) is 4.79 Å². The lowest BCUT2D eigenvalue weighted by molar-refractivity contribution is 0.130. The molecule has 0 radical (unpaired) electrons. The van der Waals surface area contributed by atoms with Crippen molar-refractivity contribution in [1.29, 1.82) is 0 Å². The van der Waals surface area contributed by atoms with Crippen molar-refractivity contribution in [2.45, 2.75) is 18.9 Å². The maximum absolute atomic E-state index is 11.5. The number of hydrogen-bond acceptors (Lipinski definition) is 5. The largest absolute Gasteiger partial charge is 0.382 e. The van der Waals surface area contributed by atoms with E-state index in [4.69, 9.17) is 11.6 Å². The first-order chi connectivity index (χ1) is 10.7. The lowest BCUT2D eigenvalue weighted by Crippen LogP contribution is -2.38. The molecule has 0 spiro atoms. The van der Waals surface area contributed by atoms with Crippen LogP contribution in [0.15, 0.2) is 28.5 Å². The molecule has 2 aromatic heterocycles. The lowest BCUT2D eigenvalue weighted by Gasteiger charge is -2.39. The van der Waals surface area contributed by atoms with Gasteiger partial charge in [-0.25, -0.2) is 5.10 Å². The SMILES string of the molecule is CN1CCC[C@@H](CNc2cn[nH]c(=O)c2Cl)[C@H]1c1cccs1. The monoisotopic (exact) mass is 338 g/mol. The van der Waals surface area contributed by atoms with Gasteiger partial charge in [-0.1, -0.05) is 17.7 Å². The fourth-order valence-corrected chi connectivity index (χ4v) is 4.27. The van der Waals surface area contributed by atoms with Gasteiger partial charge in [-0.2, -0.15) is 5.10 Å². The van der Waals surface area contributed by atoms with Gasteiger partial charge < -0.3 is 5.32 Å². The molecule has 1 aliphatic rings. The van der Waals surface area contributed by atoms with Gasteiger partial charge in [0.25, 0.3) is 5.56 Å². The van der Waals surface area contributed by atoms with E-state index in [1.165, 1.54) is 11.3 Å². The first kappa shape index (κ1) is 15.5. The van der Waals surface area contributed by atoms with Crippen LogP contribution in [0, 0.1) is 5.92 Å². The van der Waals surface area contributed by atoms with Crippen molar-refractivity contribution in [3.8, 4) is 0 Å². The van der Waals surface area contributed by atoms with E-state index in [0.717, 1.165) is 19.5 Å². The number of thiophene rings is 1. The van der Waals surface area contributed by atoms with E-state index < -0.39 is 0 Å². The molecule has 0 bridgehead atoms. The standard InChI is InChI=1S/C15H19ClN4OS/c1-20-6-2-4-10(14(20)12-5-3-7-22-12)8-17-11-9-18-19-15(21)13(11)16/h3,5,7,9-10,14H,2,4,6,8H2,1H3,(H2,17,19,21)/t10-,14-/m0/s1. The van der Waals surface area contributed by atoms with Crippen molar-refractivity contribution in [2.75, 3.05) is 25.5 Å². The summed E-state index contributed by atoms with van der Waals surface area (Å²) in [5, 5.41) is 11.7. The molecule has 1 fully saturated rings. The highest BCUT2D eigenvalue weighted by Gasteiger charge is 2.31. The van der Waals surface area contributed by atoms with E-state index in [-0.39, 0.29) is 10.6 Å². The topological polar surface area (TPSA) is 61.0 Å². The van der Waals surface area contributed by atoms with Crippen molar-refractivity contribution in [2.24, 2.45) is 5.92 Å². The molecular weight excluding hydrogens is 320 g/mol. The molecule has 2 aromatic rings. The molecule has 3 rings (SSSR count). The molecule has 3 heterocycles. The minimum Gasteiger partial charge on any atom is -0.382 e. The summed E-state index contributed by atoms with van der Waals surface area (Å²) in [5.41, 5.74) is 0.241. The molecule has 1 aliphatic heterocycles. The van der Waals surface area contributed by atoms with Gasteiger partial charge in [-0.3, -0.25) is 9.69 Å². The van der Waals surface area contributed by atoms with Crippen LogP contribution in [0.4, 0.5) is 5.69 Å². The van der Waals surface area contributed by atoms with Crippen molar-refractivity contribution in [3.05, 3.63) is 44.0 Å². The summed E-state index contributed by atoms with van der Waals surface area (Å²) in [6.45, 7) is 1.89. The van der Waals surface area contributed by atoms with Crippen molar-refractivity contribution in [3.63, 3.8) is 0 Å². The molecule has 22 heavy (non-hydrogen) atoms. The fraction of sp³-hybridized carbons (Fsp3) is 0.467. The van der Waals surface area contributed by atoms with Crippen molar-refractivity contribution in [1.82, 2.24) is 15.1 Å². The second-order valence-electron chi connectivity index (χ2n) is 5.65. The Bertz CT molecular complexity index is 672. The Balaban J connectivity index is 1.75. The Morgan fingerprint density at radius 1 is 1.59 bits per heavy atom. The summed E-state index contributed by atoms with van der Waals surface area (Å²) in [4.78, 5) is 15.3. The molecule has 0 saturated carbocycles. The summed E-state index contributed by atoms with van der Waals surface area (Å²) in [5.74, 6) is 0.479. The summed E-state index contributed by atoms with van der Waals surface area (Å²) >= 11 is 7.82. The number of aromatic nitrogens is 2. The van der Waals surface area contributed by atoms with Crippen LogP contribution in [-0.4, -0.2) is 35.2 Å². The van der Waals surface area contributed by atoms with Crippen LogP contribution >= 0.6 is 22.9 Å². The Morgan fingerprint density at radius 3 is 3.23 bits per heavy atom. The molecule has 118 valence electrons. The maximum atomic E-state index is 11.5. The normalized spacial score (nSPS) is 22.6. The minimum absolute atomic E-state index is 0.173. The third-order valence-corrected chi connectivity index (χ3v) is 5.51. The number of rotatable bonds is 4. The number of H-pyrrole nitrogens is 1. The molecule has 7 heteroatoms. The van der Waals surface area contributed by atoms with E-state index in [2.05, 4.69) is 45.0 Å². The van der Waals surface area contributed by atoms with Crippen LogP contribution in [-0.2, 0) is 0 Å².